The van der Waals surface area contributed by atoms with E-state index in [2.05, 4.69) is 19.8 Å². The molecule has 1 unspecified atom stereocenters. The van der Waals surface area contributed by atoms with E-state index in [0.29, 0.717) is 18.9 Å². The van der Waals surface area contributed by atoms with Crippen molar-refractivity contribution in [1.82, 2.24) is 24.1 Å². The van der Waals surface area contributed by atoms with E-state index >= 15 is 0 Å². The number of likely N-dealkylation sites (N-methyl/N-ethyl adjacent to an activating group) is 1. The Morgan fingerprint density at radius 1 is 1.25 bits per heavy atom. The third-order valence-corrected chi connectivity index (χ3v) is 5.17. The number of hydrogen-bond donors (Lipinski definition) is 2. The monoisotopic (exact) mass is 363 g/mol. The summed E-state index contributed by atoms with van der Waals surface area (Å²) < 4.78 is 33.8. The van der Waals surface area contributed by atoms with Gasteiger partial charge in [0.25, 0.3) is 16.7 Å². The lowest BCUT2D eigenvalue weighted by atomic mass is 10.2. The van der Waals surface area contributed by atoms with E-state index in [1.807, 2.05) is 20.9 Å². The van der Waals surface area contributed by atoms with E-state index in [9.17, 15) is 8.42 Å². The lowest BCUT2D eigenvalue weighted by molar-refractivity contribution is -0.122. The molecule has 1 aliphatic heterocycles. The molecule has 1 fully saturated rings. The highest BCUT2D eigenvalue weighted by atomic mass is 32.2. The second-order valence-corrected chi connectivity index (χ2v) is 7.50. The van der Waals surface area contributed by atoms with Crippen LogP contribution in [0.2, 0.25) is 0 Å². The van der Waals surface area contributed by atoms with E-state index in [0.717, 1.165) is 13.1 Å². The molecule has 1 saturated heterocycles. The molecule has 0 aromatic carbocycles. The van der Waals surface area contributed by atoms with Crippen molar-refractivity contribution in [2.24, 2.45) is 0 Å². The predicted molar refractivity (Wildman–Crippen MR) is 86.6 cm³/mol. The van der Waals surface area contributed by atoms with Crippen LogP contribution < -0.4 is 4.72 Å². The molecular formula is C13H25N5O5S. The van der Waals surface area contributed by atoms with Crippen molar-refractivity contribution in [1.29, 1.82) is 0 Å². The molecule has 2 heterocycles. The van der Waals surface area contributed by atoms with Crippen LogP contribution in [0.4, 0.5) is 0 Å². The third-order valence-electron chi connectivity index (χ3n) is 3.47. The second kappa shape index (κ2) is 9.06. The zero-order valence-corrected chi connectivity index (χ0v) is 15.2. The minimum absolute atomic E-state index is 0.143. The van der Waals surface area contributed by atoms with Gasteiger partial charge >= 0.3 is 0 Å². The lowest BCUT2D eigenvalue weighted by Gasteiger charge is -2.31. The van der Waals surface area contributed by atoms with Gasteiger partial charge in [-0.25, -0.2) is 0 Å². The van der Waals surface area contributed by atoms with Crippen LogP contribution >= 0.6 is 0 Å². The molecule has 10 nitrogen and oxygen atoms in total. The Hall–Kier alpha value is -1.56. The average molecular weight is 363 g/mol. The number of nitrogens with zero attached hydrogens (tertiary/aromatic N) is 4. The molecule has 0 radical (unpaired) electrons. The van der Waals surface area contributed by atoms with E-state index in [4.69, 9.17) is 14.4 Å². The minimum atomic E-state index is -3.54. The fourth-order valence-electron chi connectivity index (χ4n) is 2.03. The van der Waals surface area contributed by atoms with Crippen LogP contribution in [0.15, 0.2) is 4.52 Å². The highest BCUT2D eigenvalue weighted by molar-refractivity contribution is 7.87. The van der Waals surface area contributed by atoms with Crippen LogP contribution in [0.3, 0.4) is 0 Å². The highest BCUT2D eigenvalue weighted by Crippen LogP contribution is 2.16. The van der Waals surface area contributed by atoms with Crippen molar-refractivity contribution in [3.8, 4) is 0 Å². The summed E-state index contributed by atoms with van der Waals surface area (Å²) in [7, 11) is -1.56. The van der Waals surface area contributed by atoms with E-state index in [-0.39, 0.29) is 18.3 Å². The summed E-state index contributed by atoms with van der Waals surface area (Å²) in [6.07, 6.45) is 0. The number of aromatic nitrogens is 2. The highest BCUT2D eigenvalue weighted by Gasteiger charge is 2.29. The summed E-state index contributed by atoms with van der Waals surface area (Å²) in [4.78, 5) is 14.7. The Kier molecular flexibility index (Phi) is 7.73. The van der Waals surface area contributed by atoms with Gasteiger partial charge in [0.1, 0.15) is 0 Å². The van der Waals surface area contributed by atoms with Gasteiger partial charge in [-0.2, -0.15) is 22.4 Å². The normalized spacial score (nSPS) is 18.0. The molecular weight excluding hydrogens is 338 g/mol. The van der Waals surface area contributed by atoms with Crippen molar-refractivity contribution < 1.29 is 22.8 Å². The number of nitrogens with one attached hydrogen (secondary N) is 1. The van der Waals surface area contributed by atoms with Crippen LogP contribution in [0, 0.1) is 0 Å². The largest absolute Gasteiger partial charge is 0.483 e. The summed E-state index contributed by atoms with van der Waals surface area (Å²) in [5.74, 6) is 1.01. The molecule has 0 amide bonds. The standard InChI is InChI=1S/C12H23N5O3S.CH2O2/c1-9(2)11-13-12(20-14-11)10(3)15-21(18,19)17-7-5-16(4)6-8-17;2-1-3/h9-10,15H,5-8H2,1-4H3;1H,(H,2,3). The Labute approximate surface area is 142 Å². The molecule has 0 saturated carbocycles. The van der Waals surface area contributed by atoms with Gasteiger partial charge < -0.3 is 14.5 Å². The van der Waals surface area contributed by atoms with Gasteiger partial charge in [0.05, 0.1) is 6.04 Å². The zero-order valence-electron chi connectivity index (χ0n) is 14.3. The maximum atomic E-state index is 12.3. The van der Waals surface area contributed by atoms with Gasteiger partial charge in [-0.05, 0) is 14.0 Å². The quantitative estimate of drug-likeness (QED) is 0.701. The Morgan fingerprint density at radius 3 is 2.25 bits per heavy atom. The minimum Gasteiger partial charge on any atom is -0.483 e. The van der Waals surface area contributed by atoms with Gasteiger partial charge in [-0.1, -0.05) is 19.0 Å². The molecule has 0 spiro atoms. The van der Waals surface area contributed by atoms with Crippen LogP contribution in [0.1, 0.15) is 44.4 Å². The molecule has 0 aliphatic carbocycles. The van der Waals surface area contributed by atoms with Crippen LogP contribution in [0.25, 0.3) is 0 Å². The molecule has 0 bridgehead atoms. The van der Waals surface area contributed by atoms with Crippen LogP contribution in [-0.2, 0) is 15.0 Å². The van der Waals surface area contributed by atoms with Crippen molar-refractivity contribution in [3.63, 3.8) is 0 Å². The maximum absolute atomic E-state index is 12.3. The first kappa shape index (κ1) is 20.5. The first-order valence-corrected chi connectivity index (χ1v) is 9.02. The summed E-state index contributed by atoms with van der Waals surface area (Å²) in [6, 6.07) is -0.547. The Bertz CT molecular complexity index is 610. The van der Waals surface area contributed by atoms with Crippen molar-refractivity contribution in [3.05, 3.63) is 11.7 Å². The molecule has 1 aromatic rings. The fraction of sp³-hybridized carbons (Fsp3) is 0.769. The topological polar surface area (TPSA) is 129 Å². The van der Waals surface area contributed by atoms with Gasteiger partial charge in [0, 0.05) is 32.1 Å². The number of hydrogen-bond acceptors (Lipinski definition) is 7. The van der Waals surface area contributed by atoms with Gasteiger partial charge in [-0.3, -0.25) is 4.79 Å². The molecule has 1 atom stereocenters. The molecule has 2 N–H and O–H groups in total. The number of piperazine rings is 1. The first-order chi connectivity index (χ1) is 11.2. The summed E-state index contributed by atoms with van der Waals surface area (Å²) in [5.41, 5.74) is 0. The van der Waals surface area contributed by atoms with E-state index in [1.165, 1.54) is 4.31 Å². The summed E-state index contributed by atoms with van der Waals surface area (Å²) in [5, 5.41) is 10.7. The average Bonchev–Trinajstić information content (AvgIpc) is 2.98. The van der Waals surface area contributed by atoms with E-state index in [1.54, 1.807) is 6.92 Å². The first-order valence-electron chi connectivity index (χ1n) is 7.58. The summed E-state index contributed by atoms with van der Waals surface area (Å²) >= 11 is 0. The van der Waals surface area contributed by atoms with Crippen molar-refractivity contribution in [2.45, 2.75) is 32.7 Å². The van der Waals surface area contributed by atoms with E-state index < -0.39 is 16.3 Å². The Balaban J connectivity index is 0.000000891. The molecule has 1 aliphatic rings. The van der Waals surface area contributed by atoms with Crippen molar-refractivity contribution >= 4 is 16.7 Å². The fourth-order valence-corrected chi connectivity index (χ4v) is 3.38. The van der Waals surface area contributed by atoms with Gasteiger partial charge in [0.2, 0.25) is 5.89 Å². The van der Waals surface area contributed by atoms with Crippen LogP contribution in [-0.4, -0.2) is 72.6 Å². The molecule has 1 aromatic heterocycles. The molecule has 138 valence electrons. The molecule has 2 rings (SSSR count). The predicted octanol–water partition coefficient (Wildman–Crippen LogP) is 0.0366. The number of carboxylic acid groups (broad SMARTS) is 1. The Morgan fingerprint density at radius 2 is 1.79 bits per heavy atom. The number of carbonyl (C=O) groups is 1. The van der Waals surface area contributed by atoms with Crippen molar-refractivity contribution in [2.75, 3.05) is 33.2 Å². The second-order valence-electron chi connectivity index (χ2n) is 5.80. The van der Waals surface area contributed by atoms with Gasteiger partial charge in [0.15, 0.2) is 5.82 Å². The SMILES string of the molecule is CC(C)c1noc(C(C)NS(=O)(=O)N2CCN(C)CC2)n1.O=CO. The van der Waals surface area contributed by atoms with Gasteiger partial charge in [-0.15, -0.1) is 0 Å². The maximum Gasteiger partial charge on any atom is 0.290 e. The van der Waals surface area contributed by atoms with Crippen LogP contribution in [0.5, 0.6) is 0 Å². The molecule has 24 heavy (non-hydrogen) atoms. The third kappa shape index (κ3) is 5.82. The number of rotatable bonds is 5. The lowest BCUT2D eigenvalue weighted by Crippen LogP contribution is -2.51. The zero-order chi connectivity index (χ0) is 18.3. The summed E-state index contributed by atoms with van der Waals surface area (Å²) in [6.45, 7) is 7.78. The molecule has 11 heteroatoms. The smallest absolute Gasteiger partial charge is 0.290 e.